The number of thiophene rings is 1. The predicted molar refractivity (Wildman–Crippen MR) is 103 cm³/mol. The van der Waals surface area contributed by atoms with Crippen LogP contribution in [0.2, 0.25) is 4.34 Å². The first kappa shape index (κ1) is 18.0. The molecule has 27 heavy (non-hydrogen) atoms. The molecule has 1 unspecified atom stereocenters. The van der Waals surface area contributed by atoms with Crippen molar-refractivity contribution in [2.45, 2.75) is 18.9 Å². The van der Waals surface area contributed by atoms with Gasteiger partial charge in [-0.1, -0.05) is 17.7 Å². The van der Waals surface area contributed by atoms with Gasteiger partial charge in [-0.3, -0.25) is 4.68 Å². The van der Waals surface area contributed by atoms with Crippen molar-refractivity contribution >= 4 is 28.9 Å². The Morgan fingerprint density at radius 1 is 1.37 bits per heavy atom. The number of aryl methyl sites for hydroxylation is 2. The molecule has 0 saturated carbocycles. The highest BCUT2D eigenvalue weighted by molar-refractivity contribution is 7.19. The normalized spacial score (nSPS) is 14.5. The van der Waals surface area contributed by atoms with E-state index < -0.39 is 12.1 Å². The van der Waals surface area contributed by atoms with Gasteiger partial charge in [0.05, 0.1) is 21.5 Å². The highest BCUT2D eigenvalue weighted by Crippen LogP contribution is 2.42. The number of carbonyl (C=O) groups is 1. The van der Waals surface area contributed by atoms with Crippen LogP contribution in [0.4, 0.5) is 0 Å². The number of halogens is 1. The average Bonchev–Trinajstić information content (AvgIpc) is 3.23. The van der Waals surface area contributed by atoms with E-state index in [2.05, 4.69) is 5.10 Å². The number of ether oxygens (including phenoxy) is 1. The molecule has 140 valence electrons. The number of carboxylic acids is 1. The van der Waals surface area contributed by atoms with Gasteiger partial charge in [-0.05, 0) is 48.2 Å². The number of hydrogen-bond acceptors (Lipinski definition) is 5. The Kier molecular flexibility index (Phi) is 4.67. The number of carboxylic acid groups (broad SMARTS) is 1. The fraction of sp³-hybridized carbons (Fsp3) is 0.263. The SMILES string of the molecule is Cn1nc(-c2ccc(Cl)s2)c(-c2ccc3c(c2)CCCO3)c1C(O)C(=O)O. The third-order valence-electron chi connectivity index (χ3n) is 4.59. The lowest BCUT2D eigenvalue weighted by molar-refractivity contribution is -0.147. The highest BCUT2D eigenvalue weighted by atomic mass is 35.5. The molecular weight excluding hydrogens is 388 g/mol. The van der Waals surface area contributed by atoms with Crippen LogP contribution in [0.3, 0.4) is 0 Å². The summed E-state index contributed by atoms with van der Waals surface area (Å²) in [5, 5.41) is 24.2. The maximum atomic E-state index is 11.5. The second-order valence-electron chi connectivity index (χ2n) is 6.35. The molecule has 0 radical (unpaired) electrons. The first-order valence-electron chi connectivity index (χ1n) is 8.45. The van der Waals surface area contributed by atoms with Crippen molar-refractivity contribution in [3.8, 4) is 27.4 Å². The molecule has 2 N–H and O–H groups in total. The number of rotatable bonds is 4. The molecule has 1 atom stereocenters. The second-order valence-corrected chi connectivity index (χ2v) is 8.07. The summed E-state index contributed by atoms with van der Waals surface area (Å²) in [7, 11) is 1.63. The number of benzene rings is 1. The molecule has 8 heteroatoms. The largest absolute Gasteiger partial charge is 0.493 e. The molecule has 1 aliphatic heterocycles. The van der Waals surface area contributed by atoms with Crippen LogP contribution in [0, 0.1) is 0 Å². The van der Waals surface area contributed by atoms with Gasteiger partial charge in [-0.15, -0.1) is 11.3 Å². The molecule has 0 fully saturated rings. The second kappa shape index (κ2) is 6.99. The van der Waals surface area contributed by atoms with Gasteiger partial charge in [-0.2, -0.15) is 5.10 Å². The van der Waals surface area contributed by atoms with E-state index in [1.807, 2.05) is 24.3 Å². The van der Waals surface area contributed by atoms with Crippen LogP contribution in [-0.4, -0.2) is 32.6 Å². The minimum absolute atomic E-state index is 0.235. The number of aromatic nitrogens is 2. The molecule has 3 aromatic rings. The van der Waals surface area contributed by atoms with E-state index >= 15 is 0 Å². The van der Waals surface area contributed by atoms with Gasteiger partial charge in [0.1, 0.15) is 11.4 Å². The Balaban J connectivity index is 1.95. The molecule has 2 aromatic heterocycles. The number of aliphatic carboxylic acids is 1. The minimum atomic E-state index is -1.69. The van der Waals surface area contributed by atoms with Crippen molar-refractivity contribution in [2.75, 3.05) is 6.61 Å². The third kappa shape index (κ3) is 3.22. The summed E-state index contributed by atoms with van der Waals surface area (Å²) in [6.07, 6.45) is 0.135. The number of fused-ring (bicyclic) bond motifs is 1. The third-order valence-corrected chi connectivity index (χ3v) is 5.83. The summed E-state index contributed by atoms with van der Waals surface area (Å²) in [6, 6.07) is 9.37. The van der Waals surface area contributed by atoms with E-state index in [1.54, 1.807) is 13.1 Å². The molecule has 0 spiro atoms. The zero-order chi connectivity index (χ0) is 19.1. The lowest BCUT2D eigenvalue weighted by atomic mass is 9.95. The van der Waals surface area contributed by atoms with E-state index in [4.69, 9.17) is 16.3 Å². The van der Waals surface area contributed by atoms with E-state index in [-0.39, 0.29) is 5.69 Å². The Labute approximate surface area is 164 Å². The number of hydrogen-bond donors (Lipinski definition) is 2. The van der Waals surface area contributed by atoms with Crippen LogP contribution in [0.1, 0.15) is 23.8 Å². The molecule has 3 heterocycles. The van der Waals surface area contributed by atoms with Crippen LogP contribution in [0.25, 0.3) is 21.7 Å². The lowest BCUT2D eigenvalue weighted by Gasteiger charge is -2.18. The molecule has 0 saturated heterocycles. The van der Waals surface area contributed by atoms with E-state index in [1.165, 1.54) is 16.0 Å². The Hall–Kier alpha value is -2.35. The molecular formula is C19H17ClN2O4S. The fourth-order valence-electron chi connectivity index (χ4n) is 3.38. The van der Waals surface area contributed by atoms with Gasteiger partial charge in [0.25, 0.3) is 0 Å². The zero-order valence-corrected chi connectivity index (χ0v) is 16.0. The Morgan fingerprint density at radius 2 is 2.19 bits per heavy atom. The summed E-state index contributed by atoms with van der Waals surface area (Å²) >= 11 is 7.44. The first-order chi connectivity index (χ1) is 13.0. The molecule has 1 aliphatic rings. The summed E-state index contributed by atoms with van der Waals surface area (Å²) in [6.45, 7) is 0.696. The van der Waals surface area contributed by atoms with Crippen molar-refractivity contribution in [2.24, 2.45) is 7.05 Å². The zero-order valence-electron chi connectivity index (χ0n) is 14.5. The van der Waals surface area contributed by atoms with Crippen LogP contribution in [-0.2, 0) is 18.3 Å². The smallest absolute Gasteiger partial charge is 0.338 e. The molecule has 0 bridgehead atoms. The van der Waals surface area contributed by atoms with Gasteiger partial charge in [0.15, 0.2) is 6.10 Å². The highest BCUT2D eigenvalue weighted by Gasteiger charge is 2.29. The molecule has 0 amide bonds. The maximum absolute atomic E-state index is 11.5. The van der Waals surface area contributed by atoms with Crippen LogP contribution < -0.4 is 4.74 Å². The van der Waals surface area contributed by atoms with E-state index in [0.717, 1.165) is 34.6 Å². The number of nitrogens with zero attached hydrogens (tertiary/aromatic N) is 2. The van der Waals surface area contributed by atoms with Crippen molar-refractivity contribution < 1.29 is 19.7 Å². The maximum Gasteiger partial charge on any atom is 0.338 e. The van der Waals surface area contributed by atoms with Crippen LogP contribution >= 0.6 is 22.9 Å². The average molecular weight is 405 g/mol. The summed E-state index contributed by atoms with van der Waals surface area (Å²) in [5.74, 6) is -0.480. The molecule has 1 aromatic carbocycles. The predicted octanol–water partition coefficient (Wildman–Crippen LogP) is 3.91. The lowest BCUT2D eigenvalue weighted by Crippen LogP contribution is -2.15. The number of aliphatic hydroxyl groups is 1. The fourth-order valence-corrected chi connectivity index (χ4v) is 4.42. The molecule has 6 nitrogen and oxygen atoms in total. The Bertz CT molecular complexity index is 1030. The van der Waals surface area contributed by atoms with Gasteiger partial charge in [-0.25, -0.2) is 4.79 Å². The monoisotopic (exact) mass is 404 g/mol. The van der Waals surface area contributed by atoms with Gasteiger partial charge < -0.3 is 14.9 Å². The summed E-state index contributed by atoms with van der Waals surface area (Å²) in [4.78, 5) is 12.3. The molecule has 0 aliphatic carbocycles. The van der Waals surface area contributed by atoms with Crippen LogP contribution in [0.5, 0.6) is 5.75 Å². The van der Waals surface area contributed by atoms with Crippen molar-refractivity contribution in [3.63, 3.8) is 0 Å². The summed E-state index contributed by atoms with van der Waals surface area (Å²) in [5.41, 5.74) is 3.29. The topological polar surface area (TPSA) is 84.6 Å². The van der Waals surface area contributed by atoms with Gasteiger partial charge in [0, 0.05) is 12.6 Å². The number of aliphatic hydroxyl groups excluding tert-OH is 1. The van der Waals surface area contributed by atoms with Gasteiger partial charge in [0.2, 0.25) is 0 Å². The quantitative estimate of drug-likeness (QED) is 0.688. The minimum Gasteiger partial charge on any atom is -0.493 e. The van der Waals surface area contributed by atoms with Gasteiger partial charge >= 0.3 is 5.97 Å². The Morgan fingerprint density at radius 3 is 2.89 bits per heavy atom. The first-order valence-corrected chi connectivity index (χ1v) is 9.64. The standard InChI is InChI=1S/C19H17ClN2O4S/c1-22-17(18(23)19(24)25)15(16(21-22)13-6-7-14(20)27-13)11-4-5-12-10(9-11)3-2-8-26-12/h4-7,9,18,23H,2-3,8H2,1H3,(H,24,25). The van der Waals surface area contributed by atoms with Crippen molar-refractivity contribution in [3.05, 3.63) is 45.9 Å². The molecule has 4 rings (SSSR count). The van der Waals surface area contributed by atoms with Crippen molar-refractivity contribution in [1.82, 2.24) is 9.78 Å². The van der Waals surface area contributed by atoms with E-state index in [0.29, 0.717) is 22.2 Å². The van der Waals surface area contributed by atoms with E-state index in [9.17, 15) is 15.0 Å². The van der Waals surface area contributed by atoms with Crippen molar-refractivity contribution in [1.29, 1.82) is 0 Å². The summed E-state index contributed by atoms with van der Waals surface area (Å²) < 4.78 is 7.71. The van der Waals surface area contributed by atoms with Crippen LogP contribution in [0.15, 0.2) is 30.3 Å².